The van der Waals surface area contributed by atoms with Gasteiger partial charge in [-0.25, -0.2) is 0 Å². The SMILES string of the molecule is COc1ccc(OC)c(CCN(C(=O)C=C(C)C)[C@@H]2CC(C(=O)NCCO)=C[C@H](Oc3c(I)cc(CO)cc3OC)[C@H]2O)c1. The second-order valence-corrected chi connectivity index (χ2v) is 11.6. The van der Waals surface area contributed by atoms with Gasteiger partial charge in [0.25, 0.3) is 0 Å². The van der Waals surface area contributed by atoms with E-state index in [9.17, 15) is 24.9 Å². The summed E-state index contributed by atoms with van der Waals surface area (Å²) in [7, 11) is 4.60. The van der Waals surface area contributed by atoms with Crippen LogP contribution in [0, 0.1) is 3.57 Å². The van der Waals surface area contributed by atoms with E-state index in [2.05, 4.69) is 27.9 Å². The number of aliphatic hydroxyl groups excluding tert-OH is 3. The number of amides is 2. The van der Waals surface area contributed by atoms with Crippen molar-refractivity contribution in [3.05, 3.63) is 68.3 Å². The molecule has 0 bridgehead atoms. The number of halogens is 1. The fourth-order valence-electron chi connectivity index (χ4n) is 4.98. The zero-order chi connectivity index (χ0) is 32.4. The van der Waals surface area contributed by atoms with Gasteiger partial charge in [0.05, 0.1) is 44.2 Å². The summed E-state index contributed by atoms with van der Waals surface area (Å²) in [5, 5.41) is 33.4. The Labute approximate surface area is 271 Å². The second kappa shape index (κ2) is 16.7. The monoisotopic (exact) mass is 724 g/mol. The summed E-state index contributed by atoms with van der Waals surface area (Å²) >= 11 is 2.05. The summed E-state index contributed by atoms with van der Waals surface area (Å²) in [5.74, 6) is 1.16. The van der Waals surface area contributed by atoms with Gasteiger partial charge in [-0.15, -0.1) is 0 Å². The van der Waals surface area contributed by atoms with Crippen molar-refractivity contribution in [1.82, 2.24) is 10.2 Å². The van der Waals surface area contributed by atoms with Gasteiger partial charge in [-0.1, -0.05) is 5.57 Å². The number of rotatable bonds is 14. The molecule has 2 amide bonds. The summed E-state index contributed by atoms with van der Waals surface area (Å²) in [6.45, 7) is 3.41. The molecule has 2 aromatic carbocycles. The van der Waals surface area contributed by atoms with E-state index in [-0.39, 0.29) is 38.6 Å². The van der Waals surface area contributed by atoms with Crippen LogP contribution in [0.4, 0.5) is 0 Å². The molecule has 0 spiro atoms. The maximum atomic E-state index is 13.7. The van der Waals surface area contributed by atoms with Gasteiger partial charge < -0.3 is 44.5 Å². The van der Waals surface area contributed by atoms with Gasteiger partial charge in [0.1, 0.15) is 23.7 Å². The number of aliphatic hydroxyl groups is 3. The zero-order valence-corrected chi connectivity index (χ0v) is 27.8. The predicted octanol–water partition coefficient (Wildman–Crippen LogP) is 2.76. The van der Waals surface area contributed by atoms with Gasteiger partial charge in [-0.05, 0) is 90.4 Å². The summed E-state index contributed by atoms with van der Waals surface area (Å²) in [5.41, 5.74) is 2.50. The highest BCUT2D eigenvalue weighted by atomic mass is 127. The second-order valence-electron chi connectivity index (χ2n) is 10.5. The molecule has 2 aromatic rings. The Morgan fingerprint density at radius 2 is 1.80 bits per heavy atom. The van der Waals surface area contributed by atoms with E-state index >= 15 is 0 Å². The third-order valence-electron chi connectivity index (χ3n) is 7.15. The minimum Gasteiger partial charge on any atom is -0.497 e. The Morgan fingerprint density at radius 1 is 1.07 bits per heavy atom. The molecule has 1 aliphatic rings. The Morgan fingerprint density at radius 3 is 2.41 bits per heavy atom. The van der Waals surface area contributed by atoms with Crippen LogP contribution in [-0.2, 0) is 22.6 Å². The normalized spacial score (nSPS) is 17.7. The third-order valence-corrected chi connectivity index (χ3v) is 7.95. The first kappa shape index (κ1) is 35.2. The van der Waals surface area contributed by atoms with Gasteiger partial charge in [-0.3, -0.25) is 9.59 Å². The van der Waals surface area contributed by atoms with Crippen molar-refractivity contribution in [2.24, 2.45) is 0 Å². The predicted molar refractivity (Wildman–Crippen MR) is 173 cm³/mol. The molecule has 240 valence electrons. The summed E-state index contributed by atoms with van der Waals surface area (Å²) in [4.78, 5) is 28.4. The van der Waals surface area contributed by atoms with Gasteiger partial charge in [0.2, 0.25) is 11.8 Å². The van der Waals surface area contributed by atoms with Crippen molar-refractivity contribution in [2.45, 2.75) is 51.5 Å². The third kappa shape index (κ3) is 8.87. The van der Waals surface area contributed by atoms with Crippen molar-refractivity contribution in [3.8, 4) is 23.0 Å². The van der Waals surface area contributed by atoms with Gasteiger partial charge >= 0.3 is 0 Å². The lowest BCUT2D eigenvalue weighted by atomic mass is 9.87. The molecule has 0 heterocycles. The van der Waals surface area contributed by atoms with Gasteiger partial charge in [0, 0.05) is 31.2 Å². The van der Waals surface area contributed by atoms with E-state index in [1.807, 2.05) is 19.9 Å². The maximum absolute atomic E-state index is 13.7. The number of methoxy groups -OCH3 is 3. The summed E-state index contributed by atoms with van der Waals surface area (Å²) in [6.07, 6.45) is 1.19. The van der Waals surface area contributed by atoms with Crippen LogP contribution in [0.25, 0.3) is 0 Å². The number of allylic oxidation sites excluding steroid dienone is 1. The molecular formula is C32H41IN2O9. The molecule has 4 N–H and O–H groups in total. The highest BCUT2D eigenvalue weighted by Gasteiger charge is 2.40. The quantitative estimate of drug-likeness (QED) is 0.171. The Balaban J connectivity index is 2.05. The van der Waals surface area contributed by atoms with E-state index in [4.69, 9.17) is 18.9 Å². The van der Waals surface area contributed by atoms with Crippen LogP contribution in [0.3, 0.4) is 0 Å². The maximum Gasteiger partial charge on any atom is 0.247 e. The molecule has 0 aliphatic heterocycles. The Hall–Kier alpha value is -3.33. The molecular weight excluding hydrogens is 683 g/mol. The van der Waals surface area contributed by atoms with E-state index in [0.29, 0.717) is 44.1 Å². The fourth-order valence-corrected chi connectivity index (χ4v) is 5.77. The topological polar surface area (TPSA) is 147 Å². The van der Waals surface area contributed by atoms with Crippen molar-refractivity contribution < 1.29 is 43.9 Å². The fraction of sp³-hybridized carbons (Fsp3) is 0.438. The highest BCUT2D eigenvalue weighted by molar-refractivity contribution is 14.1. The van der Waals surface area contributed by atoms with E-state index in [1.165, 1.54) is 19.3 Å². The van der Waals surface area contributed by atoms with Crippen molar-refractivity contribution in [3.63, 3.8) is 0 Å². The number of hydrogen-bond donors (Lipinski definition) is 4. The summed E-state index contributed by atoms with van der Waals surface area (Å²) < 4.78 is 23.4. The molecule has 3 rings (SSSR count). The largest absolute Gasteiger partial charge is 0.497 e. The molecule has 0 saturated heterocycles. The molecule has 3 atom stereocenters. The standard InChI is InChI=1S/C32H41IN2O9/c1-19(2)12-29(38)35(10-8-21-15-23(41-3)6-7-26(21)42-4)25-16-22(32(40)34-9-11-36)17-27(30(25)39)44-31-24(33)13-20(18-37)14-28(31)43-5/h6-7,12-15,17,25,27,30,36-37,39H,8-11,16,18H2,1-5H3,(H,34,40)/t25-,27+,30+/m1/s1. The van der Waals surface area contributed by atoms with Crippen molar-refractivity contribution in [1.29, 1.82) is 0 Å². The number of benzene rings is 2. The molecule has 0 radical (unpaired) electrons. The van der Waals surface area contributed by atoms with Crippen LogP contribution in [-0.4, -0.2) is 91.3 Å². The number of hydrogen-bond acceptors (Lipinski definition) is 9. The number of nitrogens with one attached hydrogen (secondary N) is 1. The van der Waals surface area contributed by atoms with Gasteiger partial charge in [-0.2, -0.15) is 0 Å². The average Bonchev–Trinajstić information content (AvgIpc) is 3.01. The molecule has 0 saturated carbocycles. The Kier molecular flexibility index (Phi) is 13.3. The van der Waals surface area contributed by atoms with Crippen LogP contribution >= 0.6 is 22.6 Å². The van der Waals surface area contributed by atoms with Crippen molar-refractivity contribution in [2.75, 3.05) is 41.0 Å². The number of nitrogens with zero attached hydrogens (tertiary/aromatic N) is 1. The van der Waals surface area contributed by atoms with Crippen LogP contribution in [0.5, 0.6) is 23.0 Å². The lowest BCUT2D eigenvalue weighted by Gasteiger charge is -2.40. The first-order valence-corrected chi connectivity index (χ1v) is 15.2. The van der Waals surface area contributed by atoms with Crippen LogP contribution < -0.4 is 24.3 Å². The van der Waals surface area contributed by atoms with Crippen LogP contribution in [0.15, 0.2) is 53.6 Å². The van der Waals surface area contributed by atoms with E-state index < -0.39 is 24.2 Å². The molecule has 11 nitrogen and oxygen atoms in total. The Bertz CT molecular complexity index is 1370. The average molecular weight is 725 g/mol. The van der Waals surface area contributed by atoms with Crippen LogP contribution in [0.1, 0.15) is 31.4 Å². The lowest BCUT2D eigenvalue weighted by Crippen LogP contribution is -2.55. The molecule has 0 unspecified atom stereocenters. The minimum absolute atomic E-state index is 0.0410. The van der Waals surface area contributed by atoms with Gasteiger partial charge in [0.15, 0.2) is 11.5 Å². The van der Waals surface area contributed by atoms with Crippen LogP contribution in [0.2, 0.25) is 0 Å². The molecule has 0 aromatic heterocycles. The van der Waals surface area contributed by atoms with E-state index in [1.54, 1.807) is 43.4 Å². The summed E-state index contributed by atoms with van der Waals surface area (Å²) in [6, 6.07) is 7.93. The molecule has 12 heteroatoms. The van der Waals surface area contributed by atoms with E-state index in [0.717, 1.165) is 11.1 Å². The lowest BCUT2D eigenvalue weighted by molar-refractivity contribution is -0.133. The minimum atomic E-state index is -1.23. The smallest absolute Gasteiger partial charge is 0.247 e. The molecule has 0 fully saturated rings. The first-order chi connectivity index (χ1) is 21.1. The zero-order valence-electron chi connectivity index (χ0n) is 25.6. The molecule has 44 heavy (non-hydrogen) atoms. The number of ether oxygens (including phenoxy) is 4. The number of carbonyl (C=O) groups is 2. The molecule has 1 aliphatic carbocycles. The highest BCUT2D eigenvalue weighted by Crippen LogP contribution is 2.37. The first-order valence-electron chi connectivity index (χ1n) is 14.1. The number of carbonyl (C=O) groups excluding carboxylic acids is 2. The van der Waals surface area contributed by atoms with Crippen molar-refractivity contribution >= 4 is 34.4 Å².